The molecule has 106 valence electrons. The van der Waals surface area contributed by atoms with E-state index in [1.54, 1.807) is 11.8 Å². The van der Waals surface area contributed by atoms with E-state index in [2.05, 4.69) is 0 Å². The lowest BCUT2D eigenvalue weighted by Gasteiger charge is -2.48. The first-order valence-electron chi connectivity index (χ1n) is 6.42. The van der Waals surface area contributed by atoms with Gasteiger partial charge in [-0.2, -0.15) is 0 Å². The number of thioether (sulfide) groups is 1. The van der Waals surface area contributed by atoms with Crippen LogP contribution in [-0.2, 0) is 14.3 Å². The van der Waals surface area contributed by atoms with Crippen molar-refractivity contribution in [3.8, 4) is 0 Å². The molecule has 19 heavy (non-hydrogen) atoms. The summed E-state index contributed by atoms with van der Waals surface area (Å²) in [4.78, 5) is 25.7. The Hall–Kier alpha value is -1.01. The molecule has 0 bridgehead atoms. The van der Waals surface area contributed by atoms with E-state index < -0.39 is 17.6 Å². The number of β-lactam (4-membered cyclic amide) rings is 1. The van der Waals surface area contributed by atoms with E-state index in [0.717, 1.165) is 17.7 Å². The van der Waals surface area contributed by atoms with Crippen molar-refractivity contribution in [2.45, 2.75) is 51.1 Å². The van der Waals surface area contributed by atoms with Crippen LogP contribution in [0.1, 0.15) is 34.1 Å². The van der Waals surface area contributed by atoms with Crippen molar-refractivity contribution < 1.29 is 14.3 Å². The minimum Gasteiger partial charge on any atom is -0.455 e. The molecule has 1 amide bonds. The molecule has 0 aromatic rings. The van der Waals surface area contributed by atoms with Crippen LogP contribution < -0.4 is 5.73 Å². The minimum atomic E-state index is -0.570. The fourth-order valence-electron chi connectivity index (χ4n) is 2.17. The van der Waals surface area contributed by atoms with Crippen LogP contribution in [0.2, 0.25) is 0 Å². The molecule has 2 rings (SSSR count). The Kier molecular flexibility index (Phi) is 3.66. The van der Waals surface area contributed by atoms with E-state index in [1.165, 1.54) is 4.90 Å². The molecule has 2 aliphatic rings. The van der Waals surface area contributed by atoms with Crippen LogP contribution in [0.4, 0.5) is 0 Å². The summed E-state index contributed by atoms with van der Waals surface area (Å²) in [7, 11) is 0. The highest BCUT2D eigenvalue weighted by Gasteiger charge is 2.52. The van der Waals surface area contributed by atoms with E-state index >= 15 is 0 Å². The quantitative estimate of drug-likeness (QED) is 0.610. The van der Waals surface area contributed by atoms with Crippen LogP contribution >= 0.6 is 11.8 Å². The van der Waals surface area contributed by atoms with Crippen molar-refractivity contribution in [1.82, 2.24) is 4.90 Å². The van der Waals surface area contributed by atoms with Crippen LogP contribution in [0.5, 0.6) is 0 Å². The maximum atomic E-state index is 12.3. The minimum absolute atomic E-state index is 0.120. The summed E-state index contributed by atoms with van der Waals surface area (Å²) < 4.78 is 5.40. The summed E-state index contributed by atoms with van der Waals surface area (Å²) in [6, 6.07) is -0.499. The van der Waals surface area contributed by atoms with Gasteiger partial charge in [0.05, 0.1) is 0 Å². The molecule has 2 heterocycles. The second kappa shape index (κ2) is 4.83. The maximum Gasteiger partial charge on any atom is 0.355 e. The fourth-order valence-corrected chi connectivity index (χ4v) is 3.56. The van der Waals surface area contributed by atoms with Crippen LogP contribution in [0.15, 0.2) is 11.3 Å². The zero-order valence-corrected chi connectivity index (χ0v) is 12.5. The summed E-state index contributed by atoms with van der Waals surface area (Å²) >= 11 is 1.61. The van der Waals surface area contributed by atoms with Crippen molar-refractivity contribution >= 4 is 23.6 Å². The number of ether oxygens (including phenoxy) is 1. The van der Waals surface area contributed by atoms with Gasteiger partial charge in [-0.25, -0.2) is 4.79 Å². The standard InChI is InChI=1S/C13H20N2O3S/c1-5-7-6-19-11-8(14)10(16)15(11)9(7)12(17)18-13(2,3)4/h8,11H,5-6,14H2,1-4H3/t8-,11+/m0/s1. The Bertz CT molecular complexity index is 453. The average molecular weight is 284 g/mol. The number of hydrogen-bond donors (Lipinski definition) is 1. The number of nitrogens with zero attached hydrogens (tertiary/aromatic N) is 1. The van der Waals surface area contributed by atoms with Gasteiger partial charge in [-0.05, 0) is 32.8 Å². The van der Waals surface area contributed by atoms with Gasteiger partial charge in [0, 0.05) is 5.75 Å². The van der Waals surface area contributed by atoms with Crippen LogP contribution in [0.3, 0.4) is 0 Å². The van der Waals surface area contributed by atoms with Crippen LogP contribution in [0.25, 0.3) is 0 Å². The normalized spacial score (nSPS) is 27.0. The highest BCUT2D eigenvalue weighted by atomic mass is 32.2. The lowest BCUT2D eigenvalue weighted by Crippen LogP contribution is -2.68. The number of hydrogen-bond acceptors (Lipinski definition) is 5. The SMILES string of the molecule is CCC1=C(C(=O)OC(C)(C)C)N2C(=O)[C@H](N)[C@H]2SC1. The molecular weight excluding hydrogens is 264 g/mol. The Balaban J connectivity index is 2.30. The largest absolute Gasteiger partial charge is 0.455 e. The Morgan fingerprint density at radius 2 is 2.16 bits per heavy atom. The Labute approximate surface area is 117 Å². The van der Waals surface area contributed by atoms with Crippen molar-refractivity contribution in [3.05, 3.63) is 11.3 Å². The number of rotatable bonds is 2. The van der Waals surface area contributed by atoms with Gasteiger partial charge in [-0.15, -0.1) is 11.8 Å². The van der Waals surface area contributed by atoms with Crippen LogP contribution in [0, 0.1) is 0 Å². The van der Waals surface area contributed by atoms with Crippen LogP contribution in [-0.4, -0.2) is 39.5 Å². The summed E-state index contributed by atoms with van der Waals surface area (Å²) in [6.45, 7) is 7.42. The molecule has 5 nitrogen and oxygen atoms in total. The third kappa shape index (κ3) is 2.51. The average Bonchev–Trinajstić information content (AvgIpc) is 2.33. The molecule has 1 saturated heterocycles. The smallest absolute Gasteiger partial charge is 0.355 e. The van der Waals surface area contributed by atoms with Crippen molar-refractivity contribution in [1.29, 1.82) is 0 Å². The number of esters is 1. The van der Waals surface area contributed by atoms with E-state index in [9.17, 15) is 9.59 Å². The third-order valence-corrected chi connectivity index (χ3v) is 4.47. The number of nitrogens with two attached hydrogens (primary N) is 1. The predicted molar refractivity (Wildman–Crippen MR) is 74.2 cm³/mol. The molecule has 0 aromatic carbocycles. The number of amides is 1. The van der Waals surface area contributed by atoms with Gasteiger partial charge in [0.25, 0.3) is 0 Å². The molecule has 0 aliphatic carbocycles. The first kappa shape index (κ1) is 14.4. The molecule has 0 radical (unpaired) electrons. The van der Waals surface area contributed by atoms with Crippen molar-refractivity contribution in [3.63, 3.8) is 0 Å². The molecule has 2 aliphatic heterocycles. The molecule has 1 fully saturated rings. The van der Waals surface area contributed by atoms with E-state index in [-0.39, 0.29) is 11.3 Å². The lowest BCUT2D eigenvalue weighted by atomic mass is 10.0. The topological polar surface area (TPSA) is 72.6 Å². The van der Waals surface area contributed by atoms with Gasteiger partial charge < -0.3 is 10.5 Å². The van der Waals surface area contributed by atoms with E-state index in [4.69, 9.17) is 10.5 Å². The number of fused-ring (bicyclic) bond motifs is 1. The van der Waals surface area contributed by atoms with Gasteiger partial charge in [-0.1, -0.05) is 6.92 Å². The monoisotopic (exact) mass is 284 g/mol. The summed E-state index contributed by atoms with van der Waals surface area (Å²) in [5.41, 5.74) is 6.56. The second-order valence-corrected chi connectivity index (χ2v) is 6.85. The maximum absolute atomic E-state index is 12.3. The zero-order valence-electron chi connectivity index (χ0n) is 11.7. The molecule has 2 atom stereocenters. The van der Waals surface area contributed by atoms with E-state index in [1.807, 2.05) is 27.7 Å². The first-order valence-corrected chi connectivity index (χ1v) is 7.46. The van der Waals surface area contributed by atoms with Gasteiger partial charge in [0.15, 0.2) is 0 Å². The number of carbonyl (C=O) groups is 2. The Morgan fingerprint density at radius 3 is 2.68 bits per heavy atom. The van der Waals surface area contributed by atoms with E-state index in [0.29, 0.717) is 5.70 Å². The van der Waals surface area contributed by atoms with Gasteiger partial charge in [0.1, 0.15) is 22.7 Å². The molecule has 6 heteroatoms. The lowest BCUT2D eigenvalue weighted by molar-refractivity contribution is -0.158. The summed E-state index contributed by atoms with van der Waals surface area (Å²) in [5, 5.41) is -0.120. The molecule has 2 N–H and O–H groups in total. The fraction of sp³-hybridized carbons (Fsp3) is 0.692. The molecule has 0 spiro atoms. The molecular formula is C13H20N2O3S. The summed E-state index contributed by atoms with van der Waals surface area (Å²) in [6.07, 6.45) is 0.729. The third-order valence-electron chi connectivity index (χ3n) is 3.11. The van der Waals surface area contributed by atoms with Gasteiger partial charge in [0.2, 0.25) is 5.91 Å². The predicted octanol–water partition coefficient (Wildman–Crippen LogP) is 1.23. The second-order valence-electron chi connectivity index (χ2n) is 5.74. The first-order chi connectivity index (χ1) is 8.76. The highest BCUT2D eigenvalue weighted by Crippen LogP contribution is 2.40. The Morgan fingerprint density at radius 1 is 1.53 bits per heavy atom. The molecule has 0 saturated carbocycles. The molecule has 0 unspecified atom stereocenters. The van der Waals surface area contributed by atoms with Crippen molar-refractivity contribution in [2.24, 2.45) is 5.73 Å². The van der Waals surface area contributed by atoms with Gasteiger partial charge >= 0.3 is 5.97 Å². The summed E-state index contributed by atoms with van der Waals surface area (Å²) in [5.74, 6) is 0.117. The zero-order chi connectivity index (χ0) is 14.4. The van der Waals surface area contributed by atoms with Gasteiger partial charge in [-0.3, -0.25) is 9.69 Å². The number of carbonyl (C=O) groups excluding carboxylic acids is 2. The van der Waals surface area contributed by atoms with Crippen molar-refractivity contribution in [2.75, 3.05) is 5.75 Å². The molecule has 0 aromatic heterocycles. The highest BCUT2D eigenvalue weighted by molar-refractivity contribution is 8.00.